The Morgan fingerprint density at radius 2 is 1.35 bits per heavy atom. The molecule has 4 nitrogen and oxygen atoms in total. The first kappa shape index (κ1) is 23.5. The van der Waals surface area contributed by atoms with Gasteiger partial charge in [0, 0.05) is 29.5 Å². The van der Waals surface area contributed by atoms with Crippen LogP contribution in [0.25, 0.3) is 0 Å². The molecule has 1 aliphatic heterocycles. The maximum Gasteiger partial charge on any atom is 0.315 e. The van der Waals surface area contributed by atoms with Gasteiger partial charge < -0.3 is 14.1 Å². The SMILES string of the molecule is CCOC(=O)C(C)(C)C1(O[Si](CC)(CC)CC)c2ccccc2N(C)c2ccccc21. The normalized spacial score (nSPS) is 15.3. The number of anilines is 2. The molecule has 1 aliphatic rings. The fourth-order valence-electron chi connectivity index (χ4n) is 5.06. The zero-order valence-electron chi connectivity index (χ0n) is 20.1. The molecule has 0 spiro atoms. The van der Waals surface area contributed by atoms with Gasteiger partial charge in [-0.2, -0.15) is 0 Å². The molecule has 168 valence electrons. The average Bonchev–Trinajstić information content (AvgIpc) is 2.80. The Labute approximate surface area is 188 Å². The molecular weight excluding hydrogens is 402 g/mol. The Balaban J connectivity index is 2.44. The van der Waals surface area contributed by atoms with E-state index in [4.69, 9.17) is 9.16 Å². The van der Waals surface area contributed by atoms with Gasteiger partial charge in [0.2, 0.25) is 0 Å². The van der Waals surface area contributed by atoms with Crippen molar-refractivity contribution >= 4 is 25.7 Å². The summed E-state index contributed by atoms with van der Waals surface area (Å²) in [5, 5.41) is 0. The van der Waals surface area contributed by atoms with E-state index in [1.165, 1.54) is 0 Å². The van der Waals surface area contributed by atoms with E-state index in [1.54, 1.807) is 0 Å². The van der Waals surface area contributed by atoms with E-state index in [-0.39, 0.29) is 5.97 Å². The molecule has 0 saturated carbocycles. The smallest absolute Gasteiger partial charge is 0.315 e. The Morgan fingerprint density at radius 3 is 1.77 bits per heavy atom. The topological polar surface area (TPSA) is 38.8 Å². The van der Waals surface area contributed by atoms with Crippen LogP contribution in [0.1, 0.15) is 52.7 Å². The fraction of sp³-hybridized carbons (Fsp3) is 0.500. The average molecular weight is 440 g/mol. The zero-order chi connectivity index (χ0) is 22.9. The van der Waals surface area contributed by atoms with E-state index >= 15 is 0 Å². The van der Waals surface area contributed by atoms with Crippen molar-refractivity contribution in [3.8, 4) is 0 Å². The number of nitrogens with zero attached hydrogens (tertiary/aromatic N) is 1. The van der Waals surface area contributed by atoms with E-state index in [9.17, 15) is 4.79 Å². The van der Waals surface area contributed by atoms with Crippen LogP contribution in [0.15, 0.2) is 48.5 Å². The van der Waals surface area contributed by atoms with Gasteiger partial charge in [-0.15, -0.1) is 0 Å². The highest BCUT2D eigenvalue weighted by Gasteiger charge is 2.60. The number of esters is 1. The summed E-state index contributed by atoms with van der Waals surface area (Å²) in [7, 11) is -0.0546. The van der Waals surface area contributed by atoms with Crippen LogP contribution >= 0.6 is 0 Å². The van der Waals surface area contributed by atoms with Gasteiger partial charge >= 0.3 is 5.97 Å². The van der Waals surface area contributed by atoms with E-state index < -0.39 is 19.3 Å². The molecule has 0 saturated heterocycles. The molecular formula is C26H37NO3Si. The van der Waals surface area contributed by atoms with Crippen molar-refractivity contribution in [1.82, 2.24) is 0 Å². The summed E-state index contributed by atoms with van der Waals surface area (Å²) < 4.78 is 13.1. The lowest BCUT2D eigenvalue weighted by atomic mass is 9.64. The maximum atomic E-state index is 13.5. The molecule has 2 aromatic carbocycles. The van der Waals surface area contributed by atoms with Gasteiger partial charge in [-0.1, -0.05) is 57.2 Å². The highest BCUT2D eigenvalue weighted by Crippen LogP contribution is 2.59. The first-order valence-corrected chi connectivity index (χ1v) is 14.1. The molecule has 0 atom stereocenters. The Kier molecular flexibility index (Phi) is 6.68. The highest BCUT2D eigenvalue weighted by atomic mass is 28.4. The zero-order valence-corrected chi connectivity index (χ0v) is 21.1. The predicted molar refractivity (Wildman–Crippen MR) is 130 cm³/mol. The van der Waals surface area contributed by atoms with Crippen molar-refractivity contribution in [3.63, 3.8) is 0 Å². The van der Waals surface area contributed by atoms with Crippen LogP contribution < -0.4 is 4.90 Å². The lowest BCUT2D eigenvalue weighted by Crippen LogP contribution is -2.58. The standard InChI is InChI=1S/C26H37NO3Si/c1-8-29-24(28)25(5,6)26(30-31(9-2,10-3)11-4)20-16-12-14-18-22(20)27(7)23-19-15-13-17-21(23)26/h12-19H,8-11H2,1-7H3. The molecule has 0 unspecified atom stereocenters. The third-order valence-corrected chi connectivity index (χ3v) is 11.9. The molecule has 5 heteroatoms. The first-order chi connectivity index (χ1) is 14.7. The molecule has 0 aliphatic carbocycles. The van der Waals surface area contributed by atoms with Crippen molar-refractivity contribution in [2.24, 2.45) is 5.41 Å². The molecule has 0 radical (unpaired) electrons. The number of hydrogen-bond donors (Lipinski definition) is 0. The summed E-state index contributed by atoms with van der Waals surface area (Å²) >= 11 is 0. The largest absolute Gasteiger partial charge is 0.465 e. The van der Waals surface area contributed by atoms with Crippen LogP contribution in [-0.4, -0.2) is 27.9 Å². The summed E-state index contributed by atoms with van der Waals surface area (Å²) in [5.74, 6) is -0.227. The number of carbonyl (C=O) groups is 1. The van der Waals surface area contributed by atoms with Gasteiger partial charge in [0.25, 0.3) is 0 Å². The van der Waals surface area contributed by atoms with E-state index in [2.05, 4.69) is 69.1 Å². The number of para-hydroxylation sites is 2. The molecule has 2 aromatic rings. The third kappa shape index (κ3) is 3.52. The minimum atomic E-state index is -2.14. The Bertz CT molecular complexity index is 880. The molecule has 0 amide bonds. The number of fused-ring (bicyclic) bond motifs is 2. The van der Waals surface area contributed by atoms with Crippen LogP contribution in [0.3, 0.4) is 0 Å². The van der Waals surface area contributed by atoms with Gasteiger partial charge in [-0.3, -0.25) is 4.79 Å². The van der Waals surface area contributed by atoms with E-state index in [0.717, 1.165) is 40.6 Å². The first-order valence-electron chi connectivity index (χ1n) is 11.5. The maximum absolute atomic E-state index is 13.5. The second kappa shape index (κ2) is 8.79. The molecule has 0 aromatic heterocycles. The molecule has 0 bridgehead atoms. The van der Waals surface area contributed by atoms with Gasteiger partial charge in [0.1, 0.15) is 5.60 Å². The number of benzene rings is 2. The quantitative estimate of drug-likeness (QED) is 0.342. The van der Waals surface area contributed by atoms with Crippen molar-refractivity contribution < 1.29 is 14.0 Å². The van der Waals surface area contributed by atoms with Crippen molar-refractivity contribution in [2.45, 2.75) is 65.3 Å². The van der Waals surface area contributed by atoms with Crippen molar-refractivity contribution in [2.75, 3.05) is 18.6 Å². The van der Waals surface area contributed by atoms with Crippen LogP contribution in [-0.2, 0) is 19.6 Å². The van der Waals surface area contributed by atoms with Crippen LogP contribution in [0.4, 0.5) is 11.4 Å². The van der Waals surface area contributed by atoms with Crippen LogP contribution in [0.2, 0.25) is 18.1 Å². The predicted octanol–water partition coefficient (Wildman–Crippen LogP) is 6.62. The van der Waals surface area contributed by atoms with Crippen LogP contribution in [0.5, 0.6) is 0 Å². The minimum Gasteiger partial charge on any atom is -0.465 e. The summed E-state index contributed by atoms with van der Waals surface area (Å²) in [6, 6.07) is 19.7. The summed E-state index contributed by atoms with van der Waals surface area (Å²) in [4.78, 5) is 15.7. The second-order valence-corrected chi connectivity index (χ2v) is 13.7. The Morgan fingerprint density at radius 1 is 0.903 bits per heavy atom. The minimum absolute atomic E-state index is 0.227. The number of hydrogen-bond acceptors (Lipinski definition) is 4. The third-order valence-electron chi connectivity index (χ3n) is 7.26. The number of carbonyl (C=O) groups excluding carboxylic acids is 1. The lowest BCUT2D eigenvalue weighted by molar-refractivity contribution is -0.166. The fourth-order valence-corrected chi connectivity index (χ4v) is 8.12. The van der Waals surface area contributed by atoms with Crippen molar-refractivity contribution in [1.29, 1.82) is 0 Å². The Hall–Kier alpha value is -2.11. The van der Waals surface area contributed by atoms with Gasteiger partial charge in [0.15, 0.2) is 8.32 Å². The second-order valence-electron chi connectivity index (χ2n) is 8.97. The van der Waals surface area contributed by atoms with Gasteiger partial charge in [-0.25, -0.2) is 0 Å². The molecule has 0 fully saturated rings. The van der Waals surface area contributed by atoms with E-state index in [0.29, 0.717) is 6.61 Å². The molecule has 31 heavy (non-hydrogen) atoms. The van der Waals surface area contributed by atoms with E-state index in [1.807, 2.05) is 32.9 Å². The molecule has 3 rings (SSSR count). The van der Waals surface area contributed by atoms with Crippen molar-refractivity contribution in [3.05, 3.63) is 59.7 Å². The van der Waals surface area contributed by atoms with Gasteiger partial charge in [-0.05, 0) is 51.0 Å². The summed E-state index contributed by atoms with van der Waals surface area (Å²) in [6.07, 6.45) is 0. The summed E-state index contributed by atoms with van der Waals surface area (Å²) in [5.41, 5.74) is 2.39. The number of ether oxygens (including phenoxy) is 1. The lowest BCUT2D eigenvalue weighted by Gasteiger charge is -2.54. The monoisotopic (exact) mass is 439 g/mol. The van der Waals surface area contributed by atoms with Gasteiger partial charge in [0.05, 0.1) is 12.0 Å². The molecule has 1 heterocycles. The number of rotatable bonds is 8. The highest BCUT2D eigenvalue weighted by molar-refractivity contribution is 6.73. The summed E-state index contributed by atoms with van der Waals surface area (Å²) in [6.45, 7) is 12.9. The molecule has 0 N–H and O–H groups in total. The van der Waals surface area contributed by atoms with Crippen LogP contribution in [0, 0.1) is 5.41 Å².